The minimum atomic E-state index is 0.00805. The summed E-state index contributed by atoms with van der Waals surface area (Å²) in [5, 5.41) is 12.7. The Morgan fingerprint density at radius 3 is 2.81 bits per heavy atom. The van der Waals surface area contributed by atoms with Gasteiger partial charge in [0, 0.05) is 18.0 Å². The van der Waals surface area contributed by atoms with Crippen molar-refractivity contribution in [2.24, 2.45) is 0 Å². The van der Waals surface area contributed by atoms with E-state index in [1.54, 1.807) is 24.4 Å². The van der Waals surface area contributed by atoms with E-state index < -0.39 is 0 Å². The Morgan fingerprint density at radius 1 is 1.31 bits per heavy atom. The predicted molar refractivity (Wildman–Crippen MR) is 62.8 cm³/mol. The zero-order valence-electron chi connectivity index (χ0n) is 8.18. The van der Waals surface area contributed by atoms with Crippen molar-refractivity contribution >= 4 is 29.1 Å². The number of halogens is 1. The molecule has 0 amide bonds. The Bertz CT molecular complexity index is 518. The van der Waals surface area contributed by atoms with E-state index in [2.05, 4.69) is 15.3 Å². The first kappa shape index (κ1) is 10.5. The summed E-state index contributed by atoms with van der Waals surface area (Å²) >= 11 is 5.69. The lowest BCUT2D eigenvalue weighted by molar-refractivity contribution is 0.476. The zero-order valence-corrected chi connectivity index (χ0v) is 8.94. The molecule has 1 aromatic heterocycles. The smallest absolute Gasteiger partial charge is 0.221 e. The molecule has 0 aliphatic heterocycles. The molecule has 0 aliphatic carbocycles. The van der Waals surface area contributed by atoms with Crippen molar-refractivity contribution in [2.75, 3.05) is 11.1 Å². The van der Waals surface area contributed by atoms with E-state index >= 15 is 0 Å². The molecule has 0 fully saturated rings. The van der Waals surface area contributed by atoms with Crippen LogP contribution in [0, 0.1) is 0 Å². The van der Waals surface area contributed by atoms with Gasteiger partial charge in [0.2, 0.25) is 5.95 Å². The zero-order chi connectivity index (χ0) is 11.5. The molecule has 4 N–H and O–H groups in total. The highest BCUT2D eigenvalue weighted by atomic mass is 35.5. The topological polar surface area (TPSA) is 84.1 Å². The van der Waals surface area contributed by atoms with Gasteiger partial charge in [0.15, 0.2) is 0 Å². The van der Waals surface area contributed by atoms with Crippen molar-refractivity contribution in [1.29, 1.82) is 0 Å². The second-order valence-electron chi connectivity index (χ2n) is 3.09. The van der Waals surface area contributed by atoms with Gasteiger partial charge in [-0.05, 0) is 18.2 Å². The molecule has 0 saturated carbocycles. The van der Waals surface area contributed by atoms with E-state index in [1.165, 1.54) is 6.07 Å². The van der Waals surface area contributed by atoms with Crippen LogP contribution >= 0.6 is 11.6 Å². The molecule has 0 spiro atoms. The normalized spacial score (nSPS) is 10.1. The van der Waals surface area contributed by atoms with Gasteiger partial charge in [0.25, 0.3) is 0 Å². The molecule has 16 heavy (non-hydrogen) atoms. The summed E-state index contributed by atoms with van der Waals surface area (Å²) in [5.41, 5.74) is 6.10. The van der Waals surface area contributed by atoms with Crippen LogP contribution in [0.1, 0.15) is 0 Å². The maximum atomic E-state index is 9.40. The first-order valence-electron chi connectivity index (χ1n) is 4.49. The molecule has 0 bridgehead atoms. The summed E-state index contributed by atoms with van der Waals surface area (Å²) in [4.78, 5) is 7.73. The van der Waals surface area contributed by atoms with Crippen molar-refractivity contribution in [3.05, 3.63) is 35.5 Å². The number of nitrogen functional groups attached to an aromatic ring is 1. The number of phenols is 1. The molecule has 82 valence electrons. The molecular weight excluding hydrogens is 228 g/mol. The standard InChI is InChI=1S/C10H9ClN4O/c11-7-2-1-6(5-8(7)16)14-9-3-4-13-10(12)15-9/h1-5,16H,(H3,12,13,14,15). The van der Waals surface area contributed by atoms with E-state index in [-0.39, 0.29) is 11.7 Å². The first-order chi connectivity index (χ1) is 7.65. The van der Waals surface area contributed by atoms with Crippen molar-refractivity contribution in [3.8, 4) is 5.75 Å². The molecular formula is C10H9ClN4O. The average molecular weight is 237 g/mol. The number of nitrogens with one attached hydrogen (secondary N) is 1. The average Bonchev–Trinajstić information content (AvgIpc) is 2.24. The Kier molecular flexibility index (Phi) is 2.78. The molecule has 2 aromatic rings. The number of nitrogens with zero attached hydrogens (tertiary/aromatic N) is 2. The number of aromatic hydroxyl groups is 1. The number of benzene rings is 1. The van der Waals surface area contributed by atoms with Gasteiger partial charge in [-0.2, -0.15) is 4.98 Å². The highest BCUT2D eigenvalue weighted by Crippen LogP contribution is 2.27. The van der Waals surface area contributed by atoms with E-state index in [0.717, 1.165) is 0 Å². The van der Waals surface area contributed by atoms with E-state index in [1.807, 2.05) is 0 Å². The quantitative estimate of drug-likeness (QED) is 0.744. The van der Waals surface area contributed by atoms with Gasteiger partial charge in [-0.1, -0.05) is 11.6 Å². The Labute approximate surface area is 96.9 Å². The lowest BCUT2D eigenvalue weighted by Crippen LogP contribution is -1.98. The number of hydrogen-bond donors (Lipinski definition) is 3. The van der Waals surface area contributed by atoms with Crippen LogP contribution in [-0.4, -0.2) is 15.1 Å². The van der Waals surface area contributed by atoms with Gasteiger partial charge in [0.1, 0.15) is 11.6 Å². The van der Waals surface area contributed by atoms with Crippen LogP contribution in [-0.2, 0) is 0 Å². The fourth-order valence-corrected chi connectivity index (χ4v) is 1.30. The fraction of sp³-hybridized carbons (Fsp3) is 0. The molecule has 0 unspecified atom stereocenters. The molecule has 6 heteroatoms. The molecule has 2 rings (SSSR count). The van der Waals surface area contributed by atoms with Crippen molar-refractivity contribution < 1.29 is 5.11 Å². The predicted octanol–water partition coefficient (Wildman–Crippen LogP) is 2.16. The van der Waals surface area contributed by atoms with Gasteiger partial charge in [0.05, 0.1) is 5.02 Å². The number of phenolic OH excluding ortho intramolecular Hbond substituents is 1. The van der Waals surface area contributed by atoms with Gasteiger partial charge in [-0.25, -0.2) is 4.98 Å². The van der Waals surface area contributed by atoms with E-state index in [0.29, 0.717) is 16.5 Å². The number of hydrogen-bond acceptors (Lipinski definition) is 5. The molecule has 0 radical (unpaired) electrons. The monoisotopic (exact) mass is 236 g/mol. The lowest BCUT2D eigenvalue weighted by Gasteiger charge is -2.06. The Morgan fingerprint density at radius 2 is 2.12 bits per heavy atom. The minimum absolute atomic E-state index is 0.00805. The maximum absolute atomic E-state index is 9.40. The molecule has 0 aliphatic rings. The third-order valence-corrected chi connectivity index (χ3v) is 2.21. The first-order valence-corrected chi connectivity index (χ1v) is 4.87. The summed E-state index contributed by atoms with van der Waals surface area (Å²) in [7, 11) is 0. The fourth-order valence-electron chi connectivity index (χ4n) is 1.18. The molecule has 5 nitrogen and oxygen atoms in total. The van der Waals surface area contributed by atoms with Crippen molar-refractivity contribution in [1.82, 2.24) is 9.97 Å². The van der Waals surface area contributed by atoms with Crippen LogP contribution in [0.3, 0.4) is 0 Å². The van der Waals surface area contributed by atoms with E-state index in [4.69, 9.17) is 17.3 Å². The number of nitrogens with two attached hydrogens (primary N) is 1. The van der Waals surface area contributed by atoms with E-state index in [9.17, 15) is 5.11 Å². The summed E-state index contributed by atoms with van der Waals surface area (Å²) < 4.78 is 0. The van der Waals surface area contributed by atoms with Crippen molar-refractivity contribution in [2.45, 2.75) is 0 Å². The summed E-state index contributed by atoms with van der Waals surface area (Å²) in [6.07, 6.45) is 1.54. The van der Waals surface area contributed by atoms with Gasteiger partial charge in [-0.3, -0.25) is 0 Å². The van der Waals surface area contributed by atoms with Crippen LogP contribution in [0.25, 0.3) is 0 Å². The number of rotatable bonds is 2. The largest absolute Gasteiger partial charge is 0.506 e. The number of anilines is 3. The van der Waals surface area contributed by atoms with Crippen LogP contribution in [0.5, 0.6) is 5.75 Å². The summed E-state index contributed by atoms with van der Waals surface area (Å²) in [6, 6.07) is 6.48. The SMILES string of the molecule is Nc1nccc(Nc2ccc(Cl)c(O)c2)n1. The molecule has 1 aromatic carbocycles. The lowest BCUT2D eigenvalue weighted by atomic mass is 10.3. The van der Waals surface area contributed by atoms with Gasteiger partial charge in [-0.15, -0.1) is 0 Å². The van der Waals surface area contributed by atoms with Gasteiger partial charge < -0.3 is 16.2 Å². The third-order valence-electron chi connectivity index (χ3n) is 1.89. The second-order valence-corrected chi connectivity index (χ2v) is 3.50. The summed E-state index contributed by atoms with van der Waals surface area (Å²) in [5.74, 6) is 0.742. The minimum Gasteiger partial charge on any atom is -0.506 e. The van der Waals surface area contributed by atoms with Gasteiger partial charge >= 0.3 is 0 Å². The second kappa shape index (κ2) is 4.24. The van der Waals surface area contributed by atoms with Crippen LogP contribution in [0.2, 0.25) is 5.02 Å². The Hall–Kier alpha value is -2.01. The number of aromatic nitrogens is 2. The molecule has 0 saturated heterocycles. The van der Waals surface area contributed by atoms with Crippen LogP contribution < -0.4 is 11.1 Å². The van der Waals surface area contributed by atoms with Crippen LogP contribution in [0.4, 0.5) is 17.5 Å². The maximum Gasteiger partial charge on any atom is 0.221 e. The highest BCUT2D eigenvalue weighted by Gasteiger charge is 2.01. The Balaban J connectivity index is 2.24. The third kappa shape index (κ3) is 2.32. The van der Waals surface area contributed by atoms with Crippen molar-refractivity contribution in [3.63, 3.8) is 0 Å². The highest BCUT2D eigenvalue weighted by molar-refractivity contribution is 6.32. The molecule has 1 heterocycles. The molecule has 0 atom stereocenters. The summed E-state index contributed by atoms with van der Waals surface area (Å²) in [6.45, 7) is 0. The van der Waals surface area contributed by atoms with Crippen LogP contribution in [0.15, 0.2) is 30.5 Å².